The van der Waals surface area contributed by atoms with Crippen molar-refractivity contribution >= 4 is 0 Å². The first kappa shape index (κ1) is 37.5. The van der Waals surface area contributed by atoms with E-state index in [2.05, 4.69) is 33.0 Å². The standard InChI is InChI=1S/C20H25F3N2.C3H8.C2H6.CHF2.U/c1-15-7-5-4-6-13-25(3,14-12-16(2)24)19(15)17-8-10-18(11-9-17)20(21,22)23;1-3-2;1-2;2-1-3;/h4-5,7-8,10-12,19H,6,13-14,24H2,1-3H3;3H2,1-2H3;1-2H3;1H;/q;;;-1;+2/b5-4-,15-7+,16-12+;;;;. The molecule has 0 radical (unpaired) electrons. The van der Waals surface area contributed by atoms with Crippen LogP contribution in [0.4, 0.5) is 22.0 Å². The zero-order valence-corrected chi connectivity index (χ0v) is 25.6. The van der Waals surface area contributed by atoms with Gasteiger partial charge in [-0.2, -0.15) is 37.4 Å². The molecule has 0 saturated carbocycles. The van der Waals surface area contributed by atoms with Gasteiger partial charge in [0, 0.05) is 12.1 Å². The van der Waals surface area contributed by atoms with E-state index in [1.807, 2.05) is 45.9 Å². The molecule has 0 amide bonds. The molecule has 192 valence electrons. The van der Waals surface area contributed by atoms with Crippen LogP contribution in [0.15, 0.2) is 53.8 Å². The number of nitrogens with zero attached hydrogens (tertiary/aromatic N) is 1. The van der Waals surface area contributed by atoms with E-state index in [-0.39, 0.29) is 37.2 Å². The van der Waals surface area contributed by atoms with Gasteiger partial charge < -0.3 is 19.0 Å². The van der Waals surface area contributed by atoms with Gasteiger partial charge in [-0.3, -0.25) is 0 Å². The number of nitrogens with two attached hydrogens (primary N) is 1. The van der Waals surface area contributed by atoms with Crippen molar-refractivity contribution < 1.29 is 57.5 Å². The maximum Gasteiger partial charge on any atom is 2.00 e. The van der Waals surface area contributed by atoms with Gasteiger partial charge in [-0.25, -0.2) is 0 Å². The van der Waals surface area contributed by atoms with Crippen molar-refractivity contribution in [3.63, 3.8) is 0 Å². The molecule has 0 aliphatic carbocycles. The zero-order chi connectivity index (χ0) is 26.1. The Balaban J connectivity index is -0.000000945. The topological polar surface area (TPSA) is 26.0 Å². The third kappa shape index (κ3) is 14.3. The van der Waals surface area contributed by atoms with Crippen LogP contribution in [0.2, 0.25) is 0 Å². The quantitative estimate of drug-likeness (QED) is 0.191. The van der Waals surface area contributed by atoms with Crippen molar-refractivity contribution in [3.05, 3.63) is 77.9 Å². The molecular weight excluding hydrogens is 673 g/mol. The summed E-state index contributed by atoms with van der Waals surface area (Å²) in [5, 5.41) is 0. The van der Waals surface area contributed by atoms with Gasteiger partial charge in [0.15, 0.2) is 0 Å². The van der Waals surface area contributed by atoms with Crippen LogP contribution >= 0.6 is 0 Å². The number of alkyl halides is 3. The van der Waals surface area contributed by atoms with Crippen molar-refractivity contribution in [2.24, 2.45) is 5.73 Å². The monoisotopic (exact) mass is 713 g/mol. The summed E-state index contributed by atoms with van der Waals surface area (Å²) in [5.74, 6) is 0. The van der Waals surface area contributed by atoms with Crippen LogP contribution < -0.4 is 5.73 Å². The number of quaternary nitrogens is 1. The maximum absolute atomic E-state index is 12.9. The van der Waals surface area contributed by atoms with E-state index >= 15 is 0 Å². The summed E-state index contributed by atoms with van der Waals surface area (Å²) < 4.78 is 58.2. The summed E-state index contributed by atoms with van der Waals surface area (Å²) >= 11 is 0. The molecule has 1 aliphatic heterocycles. The molecule has 0 fully saturated rings. The first-order valence-electron chi connectivity index (χ1n) is 11.2. The largest absolute Gasteiger partial charge is 2.00 e. The number of allylic oxidation sites excluding steroid dienone is 3. The van der Waals surface area contributed by atoms with E-state index in [1.165, 1.54) is 6.42 Å². The summed E-state index contributed by atoms with van der Waals surface area (Å²) in [6.07, 6.45) is 5.95. The predicted molar refractivity (Wildman–Crippen MR) is 128 cm³/mol. The minimum Gasteiger partial charge on any atom is -0.425 e. The Morgan fingerprint density at radius 2 is 1.76 bits per heavy atom. The van der Waals surface area contributed by atoms with Crippen molar-refractivity contribution in [3.8, 4) is 0 Å². The summed E-state index contributed by atoms with van der Waals surface area (Å²) in [5.41, 5.74) is 7.75. The van der Waals surface area contributed by atoms with Crippen molar-refractivity contribution in [2.45, 2.75) is 66.6 Å². The van der Waals surface area contributed by atoms with Gasteiger partial charge in [-0.15, -0.1) is 5.56 Å². The van der Waals surface area contributed by atoms with E-state index in [1.54, 1.807) is 6.07 Å². The average molecular weight is 714 g/mol. The van der Waals surface area contributed by atoms with Crippen LogP contribution in [0, 0.1) is 44.1 Å². The molecule has 2 rings (SSSR count). The fourth-order valence-electron chi connectivity index (χ4n) is 3.31. The molecule has 1 heterocycles. The first-order chi connectivity index (χ1) is 15.5. The molecule has 2 atom stereocenters. The Morgan fingerprint density at radius 3 is 2.18 bits per heavy atom. The summed E-state index contributed by atoms with van der Waals surface area (Å²) in [4.78, 5) is 0. The van der Waals surface area contributed by atoms with Crippen molar-refractivity contribution in [1.82, 2.24) is 0 Å². The van der Waals surface area contributed by atoms with Gasteiger partial charge in [0.25, 0.3) is 0 Å². The van der Waals surface area contributed by atoms with Crippen LogP contribution in [0.5, 0.6) is 0 Å². The Kier molecular flexibility index (Phi) is 22.2. The number of benzene rings is 1. The van der Waals surface area contributed by atoms with Crippen molar-refractivity contribution in [2.75, 3.05) is 20.1 Å². The van der Waals surface area contributed by atoms with Gasteiger partial charge in [0.05, 0.1) is 20.1 Å². The van der Waals surface area contributed by atoms with E-state index in [0.717, 1.165) is 41.9 Å². The first-order valence-corrected chi connectivity index (χ1v) is 11.2. The Hall–Kier alpha value is -1.10. The fourth-order valence-corrected chi connectivity index (χ4v) is 3.31. The Labute approximate surface area is 227 Å². The van der Waals surface area contributed by atoms with Crippen LogP contribution in [0.25, 0.3) is 0 Å². The Bertz CT molecular complexity index is 722. The molecule has 2 unspecified atom stereocenters. The van der Waals surface area contributed by atoms with Crippen LogP contribution in [-0.2, 0) is 6.18 Å². The smallest absolute Gasteiger partial charge is 0.425 e. The second kappa shape index (κ2) is 20.1. The minimum absolute atomic E-state index is 0. The number of halogens is 5. The normalized spacial score (nSPS) is 22.3. The molecular formula is C26H40F5N2U+. The van der Waals surface area contributed by atoms with E-state index < -0.39 is 18.7 Å². The number of likely N-dealkylation sites (N-methyl/N-ethyl adjacent to an activating group) is 1. The second-order valence-electron chi connectivity index (χ2n) is 7.68. The molecule has 1 aromatic rings. The molecule has 8 heteroatoms. The van der Waals surface area contributed by atoms with Crippen LogP contribution in [-0.4, -0.2) is 24.6 Å². The predicted octanol–water partition coefficient (Wildman–Crippen LogP) is 8.25. The minimum atomic E-state index is -4.35. The summed E-state index contributed by atoms with van der Waals surface area (Å²) in [7, 11) is 2.12. The SMILES string of the molecule is C/C(N)=C\C[N+]1(C)CC/C=C\C=C(/C)C1c1[c-]cc(C(F)(F)F)cc1.CC.CCC.F[CH-]F.[U+2]. The summed E-state index contributed by atoms with van der Waals surface area (Å²) in [6, 6.07) is 6.55. The van der Waals surface area contributed by atoms with Gasteiger partial charge >= 0.3 is 37.3 Å². The Morgan fingerprint density at radius 1 is 1.24 bits per heavy atom. The number of hydrogen-bond donors (Lipinski definition) is 1. The molecule has 0 bridgehead atoms. The molecule has 0 saturated heterocycles. The molecule has 0 spiro atoms. The van der Waals surface area contributed by atoms with Gasteiger partial charge in [-0.1, -0.05) is 57.9 Å². The second-order valence-corrected chi connectivity index (χ2v) is 7.68. The molecule has 1 aromatic carbocycles. The number of hydrogen-bond acceptors (Lipinski definition) is 1. The van der Waals surface area contributed by atoms with E-state index in [0.29, 0.717) is 11.0 Å². The third-order valence-corrected chi connectivity index (χ3v) is 4.65. The molecule has 0 aromatic heterocycles. The molecule has 34 heavy (non-hydrogen) atoms. The molecule has 2 N–H and O–H groups in total. The maximum atomic E-state index is 12.9. The third-order valence-electron chi connectivity index (χ3n) is 4.65. The van der Waals surface area contributed by atoms with Crippen LogP contribution in [0.1, 0.15) is 71.6 Å². The summed E-state index contributed by atoms with van der Waals surface area (Å²) in [6.45, 7) is 12.7. The number of rotatable bonds is 3. The average Bonchev–Trinajstić information content (AvgIpc) is 2.73. The fraction of sp³-hybridized carbons (Fsp3) is 0.500. The molecule has 2 nitrogen and oxygen atoms in total. The van der Waals surface area contributed by atoms with Gasteiger partial charge in [-0.05, 0) is 32.4 Å². The molecule has 1 aliphatic rings. The van der Waals surface area contributed by atoms with E-state index in [4.69, 9.17) is 5.73 Å². The van der Waals surface area contributed by atoms with E-state index in [9.17, 15) is 22.0 Å². The van der Waals surface area contributed by atoms with Crippen molar-refractivity contribution in [1.29, 1.82) is 0 Å². The zero-order valence-electron chi connectivity index (χ0n) is 21.4. The van der Waals surface area contributed by atoms with Gasteiger partial charge in [0.1, 0.15) is 6.04 Å². The van der Waals surface area contributed by atoms with Gasteiger partial charge in [0.2, 0.25) is 0 Å². The van der Waals surface area contributed by atoms with Crippen LogP contribution in [0.3, 0.4) is 0 Å².